The zero-order valence-corrected chi connectivity index (χ0v) is 9.33. The van der Waals surface area contributed by atoms with Crippen LogP contribution in [-0.4, -0.2) is 27.0 Å². The Morgan fingerprint density at radius 1 is 1.41 bits per heavy atom. The van der Waals surface area contributed by atoms with Crippen LogP contribution in [0.5, 0.6) is 0 Å². The lowest BCUT2D eigenvalue weighted by Gasteiger charge is -2.22. The fourth-order valence-corrected chi connectivity index (χ4v) is 2.66. The molecule has 1 saturated heterocycles. The maximum atomic E-state index is 12.2. The molecule has 88 valence electrons. The SMILES string of the molecule is CC1C=CCC2C(=O)N(c3ncn[nH]3)C(=O)C12. The number of aromatic nitrogens is 3. The Balaban J connectivity index is 2.00. The average molecular weight is 232 g/mol. The Bertz CT molecular complexity index is 494. The minimum atomic E-state index is -0.252. The van der Waals surface area contributed by atoms with Crippen molar-refractivity contribution in [1.29, 1.82) is 0 Å². The van der Waals surface area contributed by atoms with E-state index in [-0.39, 0.29) is 35.5 Å². The van der Waals surface area contributed by atoms with E-state index >= 15 is 0 Å². The summed E-state index contributed by atoms with van der Waals surface area (Å²) >= 11 is 0. The Morgan fingerprint density at radius 3 is 2.88 bits per heavy atom. The first-order chi connectivity index (χ1) is 8.20. The first kappa shape index (κ1) is 10.2. The number of carbonyl (C=O) groups excluding carboxylic acids is 2. The molecule has 2 amide bonds. The number of fused-ring (bicyclic) bond motifs is 1. The van der Waals surface area contributed by atoms with Crippen LogP contribution >= 0.6 is 0 Å². The van der Waals surface area contributed by atoms with Gasteiger partial charge in [0.2, 0.25) is 17.8 Å². The number of anilines is 1. The predicted octanol–water partition coefficient (Wildman–Crippen LogP) is 0.506. The van der Waals surface area contributed by atoms with Crippen molar-refractivity contribution in [2.24, 2.45) is 17.8 Å². The number of aromatic amines is 1. The maximum Gasteiger partial charge on any atom is 0.240 e. The highest BCUT2D eigenvalue weighted by molar-refractivity contribution is 6.21. The number of amides is 2. The van der Waals surface area contributed by atoms with Crippen LogP contribution in [0.1, 0.15) is 13.3 Å². The summed E-state index contributed by atoms with van der Waals surface area (Å²) in [6.45, 7) is 1.96. The third-order valence-electron chi connectivity index (χ3n) is 3.49. The van der Waals surface area contributed by atoms with Crippen molar-refractivity contribution in [3.63, 3.8) is 0 Å². The molecule has 0 radical (unpaired) electrons. The Hall–Kier alpha value is -1.98. The minimum absolute atomic E-state index is 0.0955. The van der Waals surface area contributed by atoms with Crippen LogP contribution in [0.4, 0.5) is 5.95 Å². The number of nitrogens with zero attached hydrogens (tertiary/aromatic N) is 3. The quantitative estimate of drug-likeness (QED) is 0.565. The molecular weight excluding hydrogens is 220 g/mol. The summed E-state index contributed by atoms with van der Waals surface area (Å²) < 4.78 is 0. The second-order valence-corrected chi connectivity index (χ2v) is 4.48. The summed E-state index contributed by atoms with van der Waals surface area (Å²) in [6.07, 6.45) is 5.89. The minimum Gasteiger partial charge on any atom is -0.274 e. The molecule has 0 saturated carbocycles. The second-order valence-electron chi connectivity index (χ2n) is 4.48. The molecule has 0 bridgehead atoms. The maximum absolute atomic E-state index is 12.2. The summed E-state index contributed by atoms with van der Waals surface area (Å²) in [5, 5.41) is 6.24. The molecule has 17 heavy (non-hydrogen) atoms. The molecule has 1 aromatic rings. The highest BCUT2D eigenvalue weighted by Gasteiger charge is 2.51. The van der Waals surface area contributed by atoms with Gasteiger partial charge in [0, 0.05) is 0 Å². The molecule has 0 spiro atoms. The molecule has 1 N–H and O–H groups in total. The highest BCUT2D eigenvalue weighted by Crippen LogP contribution is 2.39. The fourth-order valence-electron chi connectivity index (χ4n) is 2.66. The van der Waals surface area contributed by atoms with Gasteiger partial charge < -0.3 is 0 Å². The van der Waals surface area contributed by atoms with Crippen molar-refractivity contribution >= 4 is 17.8 Å². The van der Waals surface area contributed by atoms with Gasteiger partial charge in [0.25, 0.3) is 0 Å². The lowest BCUT2D eigenvalue weighted by atomic mass is 9.78. The van der Waals surface area contributed by atoms with Crippen LogP contribution in [0.2, 0.25) is 0 Å². The third kappa shape index (κ3) is 1.33. The second kappa shape index (κ2) is 3.51. The van der Waals surface area contributed by atoms with Crippen LogP contribution in [0.3, 0.4) is 0 Å². The number of nitrogens with one attached hydrogen (secondary N) is 1. The number of hydrogen-bond acceptors (Lipinski definition) is 4. The number of rotatable bonds is 1. The lowest BCUT2D eigenvalue weighted by molar-refractivity contribution is -0.122. The molecule has 3 rings (SSSR count). The van der Waals surface area contributed by atoms with Crippen molar-refractivity contribution < 1.29 is 9.59 Å². The number of hydrogen-bond donors (Lipinski definition) is 1. The highest BCUT2D eigenvalue weighted by atomic mass is 16.2. The zero-order chi connectivity index (χ0) is 12.0. The Kier molecular flexibility index (Phi) is 2.10. The molecule has 1 aromatic heterocycles. The molecule has 2 heterocycles. The summed E-state index contributed by atoms with van der Waals surface area (Å²) in [6, 6.07) is 0. The van der Waals surface area contributed by atoms with Gasteiger partial charge >= 0.3 is 0 Å². The molecule has 1 aliphatic heterocycles. The van der Waals surface area contributed by atoms with Crippen LogP contribution in [0.15, 0.2) is 18.5 Å². The third-order valence-corrected chi connectivity index (χ3v) is 3.49. The van der Waals surface area contributed by atoms with Gasteiger partial charge in [-0.2, -0.15) is 10.1 Å². The van der Waals surface area contributed by atoms with Gasteiger partial charge in [-0.3, -0.25) is 9.59 Å². The van der Waals surface area contributed by atoms with E-state index in [1.54, 1.807) is 0 Å². The Labute approximate surface area is 97.7 Å². The topological polar surface area (TPSA) is 79.0 Å². The van der Waals surface area contributed by atoms with Gasteiger partial charge in [0.15, 0.2) is 0 Å². The van der Waals surface area contributed by atoms with E-state index in [4.69, 9.17) is 0 Å². The number of imide groups is 1. The smallest absolute Gasteiger partial charge is 0.240 e. The summed E-state index contributed by atoms with van der Waals surface area (Å²) in [5.41, 5.74) is 0. The van der Waals surface area contributed by atoms with Crippen molar-refractivity contribution in [2.45, 2.75) is 13.3 Å². The van der Waals surface area contributed by atoms with E-state index in [9.17, 15) is 9.59 Å². The Morgan fingerprint density at radius 2 is 2.24 bits per heavy atom. The van der Waals surface area contributed by atoms with E-state index in [0.29, 0.717) is 6.42 Å². The van der Waals surface area contributed by atoms with Gasteiger partial charge in [0.05, 0.1) is 11.8 Å². The van der Waals surface area contributed by atoms with Crippen molar-refractivity contribution in [1.82, 2.24) is 15.2 Å². The van der Waals surface area contributed by atoms with Gasteiger partial charge in [-0.25, -0.2) is 10.00 Å². The molecule has 2 aliphatic rings. The van der Waals surface area contributed by atoms with Gasteiger partial charge in [-0.15, -0.1) is 0 Å². The summed E-state index contributed by atoms with van der Waals surface area (Å²) in [7, 11) is 0. The van der Waals surface area contributed by atoms with Gasteiger partial charge in [-0.05, 0) is 12.3 Å². The van der Waals surface area contributed by atoms with Crippen LogP contribution in [0.25, 0.3) is 0 Å². The van der Waals surface area contributed by atoms with E-state index in [2.05, 4.69) is 15.2 Å². The van der Waals surface area contributed by atoms with Gasteiger partial charge in [-0.1, -0.05) is 19.1 Å². The normalized spacial score (nSPS) is 32.1. The van der Waals surface area contributed by atoms with E-state index in [1.807, 2.05) is 19.1 Å². The number of allylic oxidation sites excluding steroid dienone is 2. The first-order valence-electron chi connectivity index (χ1n) is 5.60. The molecule has 6 nitrogen and oxygen atoms in total. The zero-order valence-electron chi connectivity index (χ0n) is 9.33. The average Bonchev–Trinajstić information content (AvgIpc) is 2.88. The van der Waals surface area contributed by atoms with Gasteiger partial charge in [0.1, 0.15) is 6.33 Å². The summed E-state index contributed by atoms with van der Waals surface area (Å²) in [5.74, 6) is -0.522. The number of carbonyl (C=O) groups is 2. The van der Waals surface area contributed by atoms with E-state index < -0.39 is 0 Å². The van der Waals surface area contributed by atoms with Crippen molar-refractivity contribution in [2.75, 3.05) is 4.90 Å². The molecule has 3 unspecified atom stereocenters. The van der Waals surface area contributed by atoms with Crippen molar-refractivity contribution in [3.05, 3.63) is 18.5 Å². The summed E-state index contributed by atoms with van der Waals surface area (Å²) in [4.78, 5) is 29.4. The monoisotopic (exact) mass is 232 g/mol. The number of H-pyrrole nitrogens is 1. The molecule has 1 fully saturated rings. The molecule has 6 heteroatoms. The van der Waals surface area contributed by atoms with Crippen LogP contribution in [-0.2, 0) is 9.59 Å². The molecular formula is C11H12N4O2. The van der Waals surface area contributed by atoms with Crippen LogP contribution in [0, 0.1) is 17.8 Å². The molecule has 3 atom stereocenters. The fraction of sp³-hybridized carbons (Fsp3) is 0.455. The van der Waals surface area contributed by atoms with E-state index in [1.165, 1.54) is 6.33 Å². The van der Waals surface area contributed by atoms with E-state index in [0.717, 1.165) is 4.90 Å². The van der Waals surface area contributed by atoms with Crippen molar-refractivity contribution in [3.8, 4) is 0 Å². The lowest BCUT2D eigenvalue weighted by Crippen LogP contribution is -2.32. The largest absolute Gasteiger partial charge is 0.274 e. The predicted molar refractivity (Wildman–Crippen MR) is 58.8 cm³/mol. The molecule has 1 aliphatic carbocycles. The standard InChI is InChI=1S/C11H12N4O2/c1-6-3-2-4-7-8(6)10(17)15(9(7)16)11-12-5-13-14-11/h2-3,5-8H,4H2,1H3,(H,12,13,14). The van der Waals surface area contributed by atoms with Crippen LogP contribution < -0.4 is 4.90 Å². The molecule has 0 aromatic carbocycles. The first-order valence-corrected chi connectivity index (χ1v) is 5.60.